The Morgan fingerprint density at radius 3 is 1.70 bits per heavy atom. The van der Waals surface area contributed by atoms with Crippen molar-refractivity contribution in [1.82, 2.24) is 0 Å². The first kappa shape index (κ1) is 19.4. The monoisotopic (exact) mass is 604 g/mol. The normalized spacial score (nSPS) is 14.2. The Labute approximate surface area is 283 Å². The molecule has 0 aliphatic rings. The van der Waals surface area contributed by atoms with Crippen molar-refractivity contribution >= 4 is 65.0 Å². The zero-order valence-electron chi connectivity index (χ0n) is 33.0. The minimum atomic E-state index is -0.427. The Hall–Kier alpha value is -6.18. The van der Waals surface area contributed by atoms with Crippen molar-refractivity contribution in [2.24, 2.45) is 0 Å². The first-order valence-electron chi connectivity index (χ1n) is 19.5. The zero-order valence-corrected chi connectivity index (χ0v) is 25.0. The molecule has 218 valence electrons. The van der Waals surface area contributed by atoms with Gasteiger partial charge < -0.3 is 4.42 Å². The van der Waals surface area contributed by atoms with E-state index in [0.29, 0.717) is 22.3 Å². The van der Waals surface area contributed by atoms with Gasteiger partial charge in [-0.05, 0) is 107 Å². The summed E-state index contributed by atoms with van der Waals surface area (Å²) < 4.78 is 78.9. The summed E-state index contributed by atoms with van der Waals surface area (Å²) in [4.78, 5) is 0. The lowest BCUT2D eigenvalue weighted by Gasteiger charge is -2.19. The Morgan fingerprint density at radius 1 is 0.362 bits per heavy atom. The fourth-order valence-electron chi connectivity index (χ4n) is 7.12. The van der Waals surface area contributed by atoms with E-state index in [1.807, 2.05) is 97.1 Å². The van der Waals surface area contributed by atoms with E-state index in [2.05, 4.69) is 24.3 Å². The van der Waals surface area contributed by atoms with Gasteiger partial charge in [0.1, 0.15) is 11.2 Å². The Balaban J connectivity index is 1.32. The topological polar surface area (TPSA) is 13.1 Å². The largest absolute Gasteiger partial charge is 0.456 e. The second kappa shape index (κ2) is 10.2. The standard InChI is InChI=1S/C46H28O/c1-2-13-32-28-44-42(26-31(32)12-1)41-27-33(23-24-43(41)47-44)30-15-9-16-34(25-30)45-37-18-5-7-20-39(37)46(40-21-8-6-19-38(40)45)36-22-10-14-29-11-3-4-17-35(29)36/h1-28H/i5D,6D,7D,8D,18D,19D,20D,21D. The van der Waals surface area contributed by atoms with Gasteiger partial charge >= 0.3 is 0 Å². The molecule has 1 nitrogen and oxygen atoms in total. The van der Waals surface area contributed by atoms with Crippen molar-refractivity contribution in [3.63, 3.8) is 0 Å². The van der Waals surface area contributed by atoms with Gasteiger partial charge in [-0.25, -0.2) is 0 Å². The summed E-state index contributed by atoms with van der Waals surface area (Å²) in [5, 5.41) is 6.56. The molecular weight excluding hydrogens is 569 g/mol. The Morgan fingerprint density at radius 2 is 0.936 bits per heavy atom. The summed E-state index contributed by atoms with van der Waals surface area (Å²) in [5.41, 5.74) is 5.05. The fraction of sp³-hybridized carbons (Fsp3) is 0. The van der Waals surface area contributed by atoms with Gasteiger partial charge in [0.25, 0.3) is 0 Å². The smallest absolute Gasteiger partial charge is 0.136 e. The summed E-state index contributed by atoms with van der Waals surface area (Å²) in [5.74, 6) is 0. The van der Waals surface area contributed by atoms with Gasteiger partial charge in [-0.15, -0.1) is 0 Å². The lowest BCUT2D eigenvalue weighted by molar-refractivity contribution is 0.669. The molecule has 0 saturated heterocycles. The number of rotatable bonds is 3. The van der Waals surface area contributed by atoms with E-state index < -0.39 is 24.2 Å². The lowest BCUT2D eigenvalue weighted by atomic mass is 9.84. The molecule has 0 atom stereocenters. The van der Waals surface area contributed by atoms with E-state index in [4.69, 9.17) is 9.90 Å². The molecule has 0 spiro atoms. The van der Waals surface area contributed by atoms with Crippen molar-refractivity contribution < 1.29 is 15.4 Å². The third kappa shape index (κ3) is 4.03. The molecule has 47 heavy (non-hydrogen) atoms. The molecule has 0 saturated carbocycles. The fourth-order valence-corrected chi connectivity index (χ4v) is 7.12. The van der Waals surface area contributed by atoms with E-state index in [-0.39, 0.29) is 45.7 Å². The third-order valence-electron chi connectivity index (χ3n) is 9.26. The van der Waals surface area contributed by atoms with Gasteiger partial charge in [-0.1, -0.05) is 139 Å². The quantitative estimate of drug-likeness (QED) is 0.183. The average Bonchev–Trinajstić information content (AvgIpc) is 3.57. The second-order valence-corrected chi connectivity index (χ2v) is 11.9. The zero-order chi connectivity index (χ0) is 37.9. The minimum absolute atomic E-state index is 0.187. The number of furan rings is 1. The molecule has 0 amide bonds. The van der Waals surface area contributed by atoms with Crippen LogP contribution in [0, 0.1) is 0 Å². The molecule has 10 rings (SSSR count). The van der Waals surface area contributed by atoms with Crippen LogP contribution in [0.4, 0.5) is 0 Å². The highest BCUT2D eigenvalue weighted by molar-refractivity contribution is 6.23. The molecule has 0 fully saturated rings. The summed E-state index contributed by atoms with van der Waals surface area (Å²) >= 11 is 0. The van der Waals surface area contributed by atoms with Crippen LogP contribution in [0.5, 0.6) is 0 Å². The Bertz CT molecular complexity index is 3220. The van der Waals surface area contributed by atoms with Crippen LogP contribution in [0.3, 0.4) is 0 Å². The van der Waals surface area contributed by atoms with Crippen LogP contribution in [0.1, 0.15) is 11.0 Å². The molecule has 1 aromatic heterocycles. The predicted octanol–water partition coefficient (Wildman–Crippen LogP) is 13.2. The van der Waals surface area contributed by atoms with Crippen molar-refractivity contribution in [2.75, 3.05) is 0 Å². The first-order valence-corrected chi connectivity index (χ1v) is 15.5. The van der Waals surface area contributed by atoms with Crippen LogP contribution in [-0.2, 0) is 0 Å². The molecular formula is C46H28O. The highest BCUT2D eigenvalue weighted by Gasteiger charge is 2.18. The van der Waals surface area contributed by atoms with Gasteiger partial charge in [-0.2, -0.15) is 0 Å². The molecule has 0 N–H and O–H groups in total. The van der Waals surface area contributed by atoms with Gasteiger partial charge in [-0.3, -0.25) is 0 Å². The van der Waals surface area contributed by atoms with E-state index in [1.165, 1.54) is 0 Å². The number of hydrogen-bond acceptors (Lipinski definition) is 1. The molecule has 1 heterocycles. The van der Waals surface area contributed by atoms with E-state index in [1.54, 1.807) is 0 Å². The van der Waals surface area contributed by atoms with Gasteiger partial charge in [0.05, 0.1) is 11.0 Å². The number of fused-ring (bicyclic) bond motifs is 7. The molecule has 9 aromatic carbocycles. The van der Waals surface area contributed by atoms with Crippen LogP contribution in [0.25, 0.3) is 98.4 Å². The molecule has 0 aliphatic heterocycles. The van der Waals surface area contributed by atoms with E-state index in [0.717, 1.165) is 54.6 Å². The summed E-state index contributed by atoms with van der Waals surface area (Å²) in [6, 6.07) is 36.3. The van der Waals surface area contributed by atoms with Crippen molar-refractivity contribution in [3.8, 4) is 33.4 Å². The molecule has 0 unspecified atom stereocenters. The SMILES string of the molecule is [2H]c1c([2H])c([2H])c2c(-c3cccc4ccccc34)c3c([2H])c([2H])c([2H])c([2H])c3c(-c3cccc(-c4ccc5oc6cc7ccccc7cc6c5c4)c3)c2c1[2H]. The third-order valence-corrected chi connectivity index (χ3v) is 9.26. The van der Waals surface area contributed by atoms with Crippen molar-refractivity contribution in [1.29, 1.82) is 0 Å². The van der Waals surface area contributed by atoms with E-state index >= 15 is 0 Å². The maximum atomic E-state index is 9.36. The summed E-state index contributed by atoms with van der Waals surface area (Å²) in [6.45, 7) is 0. The molecule has 0 aliphatic carbocycles. The van der Waals surface area contributed by atoms with Crippen LogP contribution in [0.15, 0.2) is 174 Å². The average molecular weight is 605 g/mol. The van der Waals surface area contributed by atoms with Gasteiger partial charge in [0, 0.05) is 10.8 Å². The van der Waals surface area contributed by atoms with Crippen LogP contribution in [0.2, 0.25) is 0 Å². The lowest BCUT2D eigenvalue weighted by Crippen LogP contribution is -1.92. The number of benzene rings is 9. The van der Waals surface area contributed by atoms with Gasteiger partial charge in [0.2, 0.25) is 0 Å². The minimum Gasteiger partial charge on any atom is -0.456 e. The van der Waals surface area contributed by atoms with Crippen molar-refractivity contribution in [2.45, 2.75) is 0 Å². The number of hydrogen-bond donors (Lipinski definition) is 0. The van der Waals surface area contributed by atoms with Crippen LogP contribution in [-0.4, -0.2) is 0 Å². The maximum Gasteiger partial charge on any atom is 0.136 e. The van der Waals surface area contributed by atoms with E-state index in [9.17, 15) is 5.48 Å². The predicted molar refractivity (Wildman–Crippen MR) is 200 cm³/mol. The molecule has 10 aromatic rings. The van der Waals surface area contributed by atoms with Gasteiger partial charge in [0.15, 0.2) is 0 Å². The summed E-state index contributed by atoms with van der Waals surface area (Å²) in [6.07, 6.45) is 0. The van der Waals surface area contributed by atoms with Crippen LogP contribution >= 0.6 is 0 Å². The Kier molecular flexibility index (Phi) is 4.19. The molecule has 0 radical (unpaired) electrons. The van der Waals surface area contributed by atoms with Crippen molar-refractivity contribution in [3.05, 3.63) is 170 Å². The second-order valence-electron chi connectivity index (χ2n) is 11.9. The first-order chi connectivity index (χ1) is 26.6. The molecule has 1 heteroatoms. The highest BCUT2D eigenvalue weighted by Crippen LogP contribution is 2.46. The van der Waals surface area contributed by atoms with Crippen LogP contribution < -0.4 is 0 Å². The highest BCUT2D eigenvalue weighted by atomic mass is 16.3. The summed E-state index contributed by atoms with van der Waals surface area (Å²) in [7, 11) is 0. The molecule has 0 bridgehead atoms. The maximum absolute atomic E-state index is 9.36.